The molecule has 1 heterocycles. The second-order valence-electron chi connectivity index (χ2n) is 5.54. The minimum atomic E-state index is -0.235. The number of aromatic nitrogens is 3. The Kier molecular flexibility index (Phi) is 6.25. The molecule has 134 valence electrons. The molecule has 3 rings (SSSR count). The minimum Gasteiger partial charge on any atom is -0.355 e. The van der Waals surface area contributed by atoms with Crippen molar-refractivity contribution in [2.75, 3.05) is 12.3 Å². The lowest BCUT2D eigenvalue weighted by Crippen LogP contribution is -2.30. The van der Waals surface area contributed by atoms with E-state index in [4.69, 9.17) is 11.6 Å². The van der Waals surface area contributed by atoms with E-state index in [-0.39, 0.29) is 24.4 Å². The number of carbonyl (C=O) groups excluding carboxylic acids is 1. The second kappa shape index (κ2) is 8.82. The first-order valence-electron chi connectivity index (χ1n) is 8.11. The third-order valence-electron chi connectivity index (χ3n) is 3.69. The molecular formula is C18H17ClN4O2S. The van der Waals surface area contributed by atoms with E-state index in [9.17, 15) is 9.59 Å². The van der Waals surface area contributed by atoms with Gasteiger partial charge < -0.3 is 5.32 Å². The van der Waals surface area contributed by atoms with Crippen molar-refractivity contribution in [3.63, 3.8) is 0 Å². The lowest BCUT2D eigenvalue weighted by atomic mass is 10.2. The predicted molar refractivity (Wildman–Crippen MR) is 104 cm³/mol. The Morgan fingerprint density at radius 2 is 1.92 bits per heavy atom. The van der Waals surface area contributed by atoms with Crippen LogP contribution in [0, 0.1) is 0 Å². The van der Waals surface area contributed by atoms with E-state index in [2.05, 4.69) is 15.6 Å². The topological polar surface area (TPSA) is 76.9 Å². The number of nitrogens with zero attached hydrogens (tertiary/aromatic N) is 3. The molecule has 1 amide bonds. The van der Waals surface area contributed by atoms with Crippen LogP contribution in [0.1, 0.15) is 6.42 Å². The lowest BCUT2D eigenvalue weighted by Gasteiger charge is -2.07. The number of nitrogens with one attached hydrogen (secondary N) is 1. The van der Waals surface area contributed by atoms with E-state index in [1.54, 1.807) is 36.0 Å². The molecule has 3 aromatic rings. The van der Waals surface area contributed by atoms with Gasteiger partial charge in [0.2, 0.25) is 5.91 Å². The molecule has 0 saturated carbocycles. The van der Waals surface area contributed by atoms with Crippen LogP contribution in [0.3, 0.4) is 0 Å². The van der Waals surface area contributed by atoms with Gasteiger partial charge in [-0.15, -0.1) is 16.9 Å². The Hall–Kier alpha value is -2.38. The molecule has 0 spiro atoms. The van der Waals surface area contributed by atoms with Crippen molar-refractivity contribution in [1.29, 1.82) is 0 Å². The van der Waals surface area contributed by atoms with Gasteiger partial charge in [0.15, 0.2) is 0 Å². The van der Waals surface area contributed by atoms with E-state index in [1.165, 1.54) is 4.68 Å². The molecular weight excluding hydrogens is 372 g/mol. The van der Waals surface area contributed by atoms with Crippen molar-refractivity contribution in [3.8, 4) is 0 Å². The van der Waals surface area contributed by atoms with Gasteiger partial charge in [0.25, 0.3) is 5.56 Å². The Bertz CT molecular complexity index is 959. The van der Waals surface area contributed by atoms with Crippen molar-refractivity contribution in [2.45, 2.75) is 17.9 Å². The number of hydrogen-bond donors (Lipinski definition) is 1. The SMILES string of the molecule is O=C(CCn1nnc2ccccc2c1=O)NCCSc1ccc(Cl)cc1. The summed E-state index contributed by atoms with van der Waals surface area (Å²) in [7, 11) is 0. The Balaban J connectivity index is 1.45. The molecule has 2 aromatic carbocycles. The van der Waals surface area contributed by atoms with Crippen LogP contribution in [-0.2, 0) is 11.3 Å². The largest absolute Gasteiger partial charge is 0.355 e. The molecule has 0 aliphatic carbocycles. The van der Waals surface area contributed by atoms with Crippen molar-refractivity contribution in [2.24, 2.45) is 0 Å². The zero-order valence-corrected chi connectivity index (χ0v) is 15.5. The molecule has 1 aromatic heterocycles. The van der Waals surface area contributed by atoms with Gasteiger partial charge in [0, 0.05) is 28.6 Å². The molecule has 26 heavy (non-hydrogen) atoms. The van der Waals surface area contributed by atoms with Gasteiger partial charge in [0.05, 0.1) is 11.9 Å². The number of aryl methyl sites for hydroxylation is 1. The zero-order valence-electron chi connectivity index (χ0n) is 13.9. The van der Waals surface area contributed by atoms with Gasteiger partial charge in [-0.25, -0.2) is 4.68 Å². The highest BCUT2D eigenvalue weighted by molar-refractivity contribution is 7.99. The fraction of sp³-hybridized carbons (Fsp3) is 0.222. The van der Waals surface area contributed by atoms with Crippen LogP contribution in [0.15, 0.2) is 58.2 Å². The molecule has 0 saturated heterocycles. The summed E-state index contributed by atoms with van der Waals surface area (Å²) in [5, 5.41) is 11.9. The standard InChI is InChI=1S/C18H17ClN4O2S/c19-13-5-7-14(8-6-13)26-12-10-20-17(24)9-11-23-18(25)15-3-1-2-4-16(15)21-22-23/h1-8H,9-12H2,(H,20,24). The highest BCUT2D eigenvalue weighted by Crippen LogP contribution is 2.19. The Morgan fingerprint density at radius 3 is 2.73 bits per heavy atom. The highest BCUT2D eigenvalue weighted by atomic mass is 35.5. The van der Waals surface area contributed by atoms with Crippen LogP contribution < -0.4 is 10.9 Å². The monoisotopic (exact) mass is 388 g/mol. The van der Waals surface area contributed by atoms with E-state index in [0.29, 0.717) is 22.5 Å². The first-order valence-corrected chi connectivity index (χ1v) is 9.47. The maximum absolute atomic E-state index is 12.3. The summed E-state index contributed by atoms with van der Waals surface area (Å²) < 4.78 is 1.23. The normalized spacial score (nSPS) is 10.8. The molecule has 0 atom stereocenters. The summed E-state index contributed by atoms with van der Waals surface area (Å²) in [5.41, 5.74) is 0.319. The predicted octanol–water partition coefficient (Wildman–Crippen LogP) is 2.74. The molecule has 0 aliphatic rings. The average molecular weight is 389 g/mol. The quantitative estimate of drug-likeness (QED) is 0.497. The summed E-state index contributed by atoms with van der Waals surface area (Å²) in [6, 6.07) is 14.6. The summed E-state index contributed by atoms with van der Waals surface area (Å²) in [6.45, 7) is 0.747. The zero-order chi connectivity index (χ0) is 18.4. The molecule has 0 aliphatic heterocycles. The maximum Gasteiger partial charge on any atom is 0.277 e. The number of amides is 1. The molecule has 8 heteroatoms. The van der Waals surface area contributed by atoms with Gasteiger partial charge in [-0.05, 0) is 36.4 Å². The molecule has 0 radical (unpaired) electrons. The first-order chi connectivity index (χ1) is 12.6. The van der Waals surface area contributed by atoms with Gasteiger partial charge in [0.1, 0.15) is 5.52 Å². The summed E-state index contributed by atoms with van der Waals surface area (Å²) >= 11 is 7.48. The number of rotatable bonds is 7. The molecule has 0 fully saturated rings. The summed E-state index contributed by atoms with van der Waals surface area (Å²) in [6.07, 6.45) is 0.179. The average Bonchev–Trinajstić information content (AvgIpc) is 2.66. The van der Waals surface area contributed by atoms with Gasteiger partial charge >= 0.3 is 0 Å². The number of benzene rings is 2. The third-order valence-corrected chi connectivity index (χ3v) is 4.95. The number of halogens is 1. The number of thioether (sulfide) groups is 1. The maximum atomic E-state index is 12.3. The van der Waals surface area contributed by atoms with E-state index >= 15 is 0 Å². The van der Waals surface area contributed by atoms with Crippen LogP contribution in [0.25, 0.3) is 10.9 Å². The minimum absolute atomic E-state index is 0.122. The Labute approximate surface area is 159 Å². The number of carbonyl (C=O) groups is 1. The summed E-state index contributed by atoms with van der Waals surface area (Å²) in [5.74, 6) is 0.631. The van der Waals surface area contributed by atoms with E-state index < -0.39 is 0 Å². The molecule has 0 bridgehead atoms. The molecule has 1 N–H and O–H groups in total. The third kappa shape index (κ3) is 4.83. The van der Waals surface area contributed by atoms with Crippen molar-refractivity contribution < 1.29 is 4.79 Å². The highest BCUT2D eigenvalue weighted by Gasteiger charge is 2.07. The van der Waals surface area contributed by atoms with Gasteiger partial charge in [-0.1, -0.05) is 28.9 Å². The van der Waals surface area contributed by atoms with Crippen LogP contribution in [0.2, 0.25) is 5.02 Å². The fourth-order valence-corrected chi connectivity index (χ4v) is 3.25. The molecule has 0 unspecified atom stereocenters. The van der Waals surface area contributed by atoms with E-state index in [1.807, 2.05) is 24.3 Å². The van der Waals surface area contributed by atoms with Crippen molar-refractivity contribution >= 4 is 40.2 Å². The summed E-state index contributed by atoms with van der Waals surface area (Å²) in [4.78, 5) is 25.3. The second-order valence-corrected chi connectivity index (χ2v) is 7.14. The number of fused-ring (bicyclic) bond motifs is 1. The van der Waals surface area contributed by atoms with Crippen LogP contribution in [0.5, 0.6) is 0 Å². The molecule has 6 nitrogen and oxygen atoms in total. The van der Waals surface area contributed by atoms with Crippen LogP contribution >= 0.6 is 23.4 Å². The van der Waals surface area contributed by atoms with Crippen LogP contribution in [-0.4, -0.2) is 33.2 Å². The van der Waals surface area contributed by atoms with Gasteiger partial charge in [-0.3, -0.25) is 9.59 Å². The Morgan fingerprint density at radius 1 is 1.15 bits per heavy atom. The fourth-order valence-electron chi connectivity index (χ4n) is 2.36. The van der Waals surface area contributed by atoms with Crippen molar-refractivity contribution in [1.82, 2.24) is 20.3 Å². The lowest BCUT2D eigenvalue weighted by molar-refractivity contribution is -0.121. The smallest absolute Gasteiger partial charge is 0.277 e. The van der Waals surface area contributed by atoms with Crippen LogP contribution in [0.4, 0.5) is 0 Å². The number of hydrogen-bond acceptors (Lipinski definition) is 5. The van der Waals surface area contributed by atoms with Crippen molar-refractivity contribution in [3.05, 3.63) is 63.9 Å². The van der Waals surface area contributed by atoms with Gasteiger partial charge in [-0.2, -0.15) is 0 Å². The van der Waals surface area contributed by atoms with E-state index in [0.717, 1.165) is 10.6 Å². The first kappa shape index (κ1) is 18.4.